The van der Waals surface area contributed by atoms with Crippen molar-refractivity contribution >= 4 is 19.5 Å². The molecule has 0 spiro atoms. The van der Waals surface area contributed by atoms with Crippen molar-refractivity contribution in [3.8, 4) is 0 Å². The van der Waals surface area contributed by atoms with E-state index in [1.165, 1.54) is 22.6 Å². The molecule has 2 aromatic carbocycles. The fourth-order valence-corrected chi connectivity index (χ4v) is 2.61. The quantitative estimate of drug-likeness (QED) is 0.707. The Hall–Kier alpha value is -1.39. The van der Waals surface area contributed by atoms with E-state index >= 15 is 0 Å². The normalized spacial score (nSPS) is 10.9. The third-order valence-electron chi connectivity index (χ3n) is 2.74. The van der Waals surface area contributed by atoms with Gasteiger partial charge in [-0.25, -0.2) is 0 Å². The smallest absolute Gasteiger partial charge is 0.0183 e. The van der Waals surface area contributed by atoms with Crippen LogP contribution in [0.5, 0.6) is 0 Å². The van der Waals surface area contributed by atoms with Gasteiger partial charge in [0.2, 0.25) is 0 Å². The van der Waals surface area contributed by atoms with Gasteiger partial charge in [0.1, 0.15) is 0 Å². The number of rotatable bonds is 4. The molecular weight excluding hydrogens is 223 g/mol. The molecule has 1 unspecified atom stereocenters. The molecule has 0 radical (unpaired) electrons. The molecule has 0 heterocycles. The highest BCUT2D eigenvalue weighted by atomic mass is 31.1. The average Bonchev–Trinajstić information content (AvgIpc) is 2.40. The highest BCUT2D eigenvalue weighted by Crippen LogP contribution is 2.21. The van der Waals surface area contributed by atoms with Crippen LogP contribution in [0.25, 0.3) is 5.57 Å². The molecule has 0 saturated heterocycles. The maximum absolute atomic E-state index is 4.17. The van der Waals surface area contributed by atoms with Crippen LogP contribution in [-0.4, -0.2) is 6.16 Å². The first-order valence-electron chi connectivity index (χ1n) is 5.90. The summed E-state index contributed by atoms with van der Waals surface area (Å²) in [4.78, 5) is 0. The summed E-state index contributed by atoms with van der Waals surface area (Å²) < 4.78 is 0. The first-order valence-corrected chi connectivity index (χ1v) is 7.10. The molecule has 17 heavy (non-hydrogen) atoms. The van der Waals surface area contributed by atoms with Gasteiger partial charge in [-0.05, 0) is 28.2 Å². The van der Waals surface area contributed by atoms with Gasteiger partial charge in [-0.1, -0.05) is 76.7 Å². The molecule has 1 atom stereocenters. The minimum absolute atomic E-state index is 0.914. The highest BCUT2D eigenvalue weighted by Gasteiger charge is 2.01. The third-order valence-corrected chi connectivity index (χ3v) is 3.83. The highest BCUT2D eigenvalue weighted by molar-refractivity contribution is 7.47. The van der Waals surface area contributed by atoms with Crippen molar-refractivity contribution in [2.24, 2.45) is 0 Å². The standard InChI is InChI=1S/C16H17P/c1-3-17-16-11-9-15(10-12-16)13(2)14-7-5-4-6-8-14/h4-12,17H,2-3H2,1H3. The van der Waals surface area contributed by atoms with Gasteiger partial charge in [-0.15, -0.1) is 0 Å². The van der Waals surface area contributed by atoms with Crippen LogP contribution in [0.15, 0.2) is 61.2 Å². The van der Waals surface area contributed by atoms with Crippen molar-refractivity contribution in [2.45, 2.75) is 6.92 Å². The molecule has 0 aromatic heterocycles. The maximum Gasteiger partial charge on any atom is -0.0183 e. The number of benzene rings is 2. The van der Waals surface area contributed by atoms with Crippen LogP contribution < -0.4 is 5.30 Å². The van der Waals surface area contributed by atoms with Crippen LogP contribution in [0.3, 0.4) is 0 Å². The largest absolute Gasteiger partial charge is 0.0907 e. The van der Waals surface area contributed by atoms with Crippen LogP contribution in [0.1, 0.15) is 18.1 Å². The summed E-state index contributed by atoms with van der Waals surface area (Å²) in [6.07, 6.45) is 1.22. The van der Waals surface area contributed by atoms with Crippen molar-refractivity contribution in [1.82, 2.24) is 0 Å². The SMILES string of the molecule is C=C(c1ccccc1)c1ccc(PCC)cc1. The van der Waals surface area contributed by atoms with Gasteiger partial charge in [0.05, 0.1) is 0 Å². The molecule has 2 aromatic rings. The van der Waals surface area contributed by atoms with Gasteiger partial charge in [0.25, 0.3) is 0 Å². The van der Waals surface area contributed by atoms with Crippen molar-refractivity contribution in [3.05, 3.63) is 72.3 Å². The predicted octanol–water partition coefficient (Wildman–Crippen LogP) is 4.07. The molecule has 1 heteroatoms. The lowest BCUT2D eigenvalue weighted by atomic mass is 10.00. The minimum atomic E-state index is 0.914. The summed E-state index contributed by atoms with van der Waals surface area (Å²) in [6.45, 7) is 6.39. The van der Waals surface area contributed by atoms with Gasteiger partial charge in [-0.2, -0.15) is 0 Å². The third kappa shape index (κ3) is 3.05. The van der Waals surface area contributed by atoms with Crippen molar-refractivity contribution < 1.29 is 0 Å². The Labute approximate surface area is 105 Å². The molecule has 0 saturated carbocycles. The zero-order valence-electron chi connectivity index (χ0n) is 10.1. The van der Waals surface area contributed by atoms with Crippen LogP contribution in [-0.2, 0) is 0 Å². The monoisotopic (exact) mass is 240 g/mol. The van der Waals surface area contributed by atoms with Crippen LogP contribution in [0, 0.1) is 0 Å². The predicted molar refractivity (Wildman–Crippen MR) is 79.5 cm³/mol. The van der Waals surface area contributed by atoms with E-state index in [1.807, 2.05) is 18.2 Å². The number of hydrogen-bond donors (Lipinski definition) is 0. The summed E-state index contributed by atoms with van der Waals surface area (Å²) in [5.74, 6) is 0. The molecule has 0 bridgehead atoms. The fourth-order valence-electron chi connectivity index (χ4n) is 1.80. The maximum atomic E-state index is 4.17. The average molecular weight is 240 g/mol. The summed E-state index contributed by atoms with van der Waals surface area (Å²) in [7, 11) is 0.914. The van der Waals surface area contributed by atoms with E-state index in [1.54, 1.807) is 0 Å². The van der Waals surface area contributed by atoms with E-state index in [9.17, 15) is 0 Å². The first-order chi connectivity index (χ1) is 8.31. The molecule has 0 N–H and O–H groups in total. The lowest BCUT2D eigenvalue weighted by molar-refractivity contribution is 1.52. The van der Waals surface area contributed by atoms with E-state index < -0.39 is 0 Å². The van der Waals surface area contributed by atoms with Gasteiger partial charge in [-0.3, -0.25) is 0 Å². The molecule has 0 nitrogen and oxygen atoms in total. The Morgan fingerprint density at radius 3 is 2.12 bits per heavy atom. The van der Waals surface area contributed by atoms with Crippen LogP contribution >= 0.6 is 8.58 Å². The van der Waals surface area contributed by atoms with Crippen LogP contribution in [0.2, 0.25) is 0 Å². The molecule has 86 valence electrons. The Morgan fingerprint density at radius 1 is 0.941 bits per heavy atom. The summed E-state index contributed by atoms with van der Waals surface area (Å²) >= 11 is 0. The summed E-state index contributed by atoms with van der Waals surface area (Å²) in [6, 6.07) is 19.1. The van der Waals surface area contributed by atoms with Crippen molar-refractivity contribution in [3.63, 3.8) is 0 Å². The molecule has 0 aliphatic heterocycles. The van der Waals surface area contributed by atoms with Gasteiger partial charge in [0, 0.05) is 0 Å². The second-order valence-electron chi connectivity index (χ2n) is 3.95. The molecule has 2 rings (SSSR count). The first kappa shape index (κ1) is 12.1. The van der Waals surface area contributed by atoms with E-state index in [4.69, 9.17) is 0 Å². The Morgan fingerprint density at radius 2 is 1.53 bits per heavy atom. The molecule has 0 fully saturated rings. The Bertz CT molecular complexity index is 483. The second kappa shape index (κ2) is 5.80. The van der Waals surface area contributed by atoms with E-state index in [2.05, 4.69) is 49.9 Å². The molecule has 0 amide bonds. The summed E-state index contributed by atoms with van der Waals surface area (Å²) in [5, 5.41) is 1.43. The Kier molecular flexibility index (Phi) is 4.12. The van der Waals surface area contributed by atoms with Crippen molar-refractivity contribution in [1.29, 1.82) is 0 Å². The Balaban J connectivity index is 2.20. The minimum Gasteiger partial charge on any atom is -0.0907 e. The van der Waals surface area contributed by atoms with Gasteiger partial charge in [0.15, 0.2) is 0 Å². The van der Waals surface area contributed by atoms with Gasteiger partial charge >= 0.3 is 0 Å². The van der Waals surface area contributed by atoms with E-state index in [0.29, 0.717) is 0 Å². The molecule has 0 aliphatic rings. The zero-order chi connectivity index (χ0) is 12.1. The van der Waals surface area contributed by atoms with Crippen LogP contribution in [0.4, 0.5) is 0 Å². The topological polar surface area (TPSA) is 0 Å². The lowest BCUT2D eigenvalue weighted by Crippen LogP contribution is -1.95. The number of hydrogen-bond acceptors (Lipinski definition) is 0. The molecule has 0 aliphatic carbocycles. The second-order valence-corrected chi connectivity index (χ2v) is 5.59. The lowest BCUT2D eigenvalue weighted by Gasteiger charge is -2.07. The summed E-state index contributed by atoms with van der Waals surface area (Å²) in [5.41, 5.74) is 3.50. The van der Waals surface area contributed by atoms with E-state index in [0.717, 1.165) is 14.2 Å². The zero-order valence-corrected chi connectivity index (χ0v) is 11.1. The fraction of sp³-hybridized carbons (Fsp3) is 0.125. The van der Waals surface area contributed by atoms with E-state index in [-0.39, 0.29) is 0 Å². The van der Waals surface area contributed by atoms with Gasteiger partial charge < -0.3 is 0 Å². The molecular formula is C16H17P. The van der Waals surface area contributed by atoms with Crippen molar-refractivity contribution in [2.75, 3.05) is 6.16 Å².